The van der Waals surface area contributed by atoms with Crippen molar-refractivity contribution < 1.29 is 13.3 Å². The van der Waals surface area contributed by atoms with Gasteiger partial charge in [0.25, 0.3) is 5.69 Å². The number of aliphatic imine (C=N–C) groups is 1. The van der Waals surface area contributed by atoms with Crippen LogP contribution in [0.5, 0.6) is 0 Å². The summed E-state index contributed by atoms with van der Waals surface area (Å²) >= 11 is 0. The summed E-state index contributed by atoms with van der Waals surface area (Å²) in [7, 11) is -3.50. The summed E-state index contributed by atoms with van der Waals surface area (Å²) in [6, 6.07) is 12.6. The van der Waals surface area contributed by atoms with E-state index in [0.717, 1.165) is 25.7 Å². The van der Waals surface area contributed by atoms with E-state index in [1.807, 2.05) is 0 Å². The zero-order valence-corrected chi connectivity index (χ0v) is 15.6. The van der Waals surface area contributed by atoms with Crippen LogP contribution in [0, 0.1) is 10.1 Å². The number of hydrogen-bond acceptors (Lipinski definition) is 5. The summed E-state index contributed by atoms with van der Waals surface area (Å²) < 4.78 is 27.1. The van der Waals surface area contributed by atoms with Gasteiger partial charge in [0.2, 0.25) is 10.0 Å². The zero-order valence-electron chi connectivity index (χ0n) is 14.8. The monoisotopic (exact) mass is 387 g/mol. The molecule has 2 aromatic rings. The molecule has 1 aliphatic heterocycles. The average molecular weight is 387 g/mol. The van der Waals surface area contributed by atoms with Crippen LogP contribution in [0.3, 0.4) is 0 Å². The lowest BCUT2D eigenvalue weighted by Gasteiger charge is -2.19. The van der Waals surface area contributed by atoms with Gasteiger partial charge in [-0.1, -0.05) is 25.0 Å². The van der Waals surface area contributed by atoms with Crippen molar-refractivity contribution in [1.82, 2.24) is 4.31 Å². The van der Waals surface area contributed by atoms with Crippen LogP contribution in [0.4, 0.5) is 11.4 Å². The molecule has 0 bridgehead atoms. The van der Waals surface area contributed by atoms with Crippen molar-refractivity contribution in [3.63, 3.8) is 0 Å². The third-order valence-corrected chi connectivity index (χ3v) is 6.44. The standard InChI is InChI=1S/C19H21N3O4S/c23-22(24)19-8-4-3-7-16(19)15-20-17-9-11-18(12-10-17)27(25,26)21-13-5-1-2-6-14-21/h3-4,7-12,15H,1-2,5-6,13-14H2. The minimum atomic E-state index is -3.50. The molecule has 3 rings (SSSR count). The third kappa shape index (κ3) is 4.58. The second kappa shape index (κ2) is 8.41. The largest absolute Gasteiger partial charge is 0.278 e. The number of rotatable bonds is 5. The highest BCUT2D eigenvalue weighted by Crippen LogP contribution is 2.23. The van der Waals surface area contributed by atoms with E-state index in [-0.39, 0.29) is 10.6 Å². The number of nitro groups is 1. The lowest BCUT2D eigenvalue weighted by atomic mass is 10.2. The van der Waals surface area contributed by atoms with Crippen LogP contribution in [-0.2, 0) is 10.0 Å². The van der Waals surface area contributed by atoms with E-state index in [9.17, 15) is 18.5 Å². The van der Waals surface area contributed by atoms with Crippen LogP contribution in [0.1, 0.15) is 31.2 Å². The maximum absolute atomic E-state index is 12.8. The van der Waals surface area contributed by atoms with Crippen LogP contribution < -0.4 is 0 Å². The Hall–Kier alpha value is -2.58. The van der Waals surface area contributed by atoms with Crippen LogP contribution >= 0.6 is 0 Å². The van der Waals surface area contributed by atoms with Crippen molar-refractivity contribution >= 4 is 27.6 Å². The second-order valence-corrected chi connectivity index (χ2v) is 8.32. The number of benzene rings is 2. The molecule has 2 aromatic carbocycles. The molecule has 1 saturated heterocycles. The molecule has 0 spiro atoms. The fraction of sp³-hybridized carbons (Fsp3) is 0.316. The van der Waals surface area contributed by atoms with E-state index in [2.05, 4.69) is 4.99 Å². The molecule has 0 saturated carbocycles. The van der Waals surface area contributed by atoms with Crippen LogP contribution in [0.25, 0.3) is 0 Å². The molecular formula is C19H21N3O4S. The summed E-state index contributed by atoms with van der Waals surface area (Å²) in [5.41, 5.74) is 0.897. The summed E-state index contributed by atoms with van der Waals surface area (Å²) in [6.07, 6.45) is 5.31. The fourth-order valence-electron chi connectivity index (χ4n) is 3.04. The van der Waals surface area contributed by atoms with E-state index in [0.29, 0.717) is 24.3 Å². The first-order valence-corrected chi connectivity index (χ1v) is 10.3. The molecule has 0 atom stereocenters. The quantitative estimate of drug-likeness (QED) is 0.442. The molecule has 0 amide bonds. The van der Waals surface area contributed by atoms with E-state index in [4.69, 9.17) is 0 Å². The molecule has 7 nitrogen and oxygen atoms in total. The second-order valence-electron chi connectivity index (χ2n) is 6.39. The molecule has 0 radical (unpaired) electrons. The average Bonchev–Trinajstić information content (AvgIpc) is 2.97. The first-order chi connectivity index (χ1) is 13.0. The Morgan fingerprint density at radius 2 is 1.59 bits per heavy atom. The first-order valence-electron chi connectivity index (χ1n) is 8.86. The normalized spacial score (nSPS) is 16.3. The maximum Gasteiger partial charge on any atom is 0.278 e. The lowest BCUT2D eigenvalue weighted by Crippen LogP contribution is -2.31. The molecular weight excluding hydrogens is 366 g/mol. The van der Waals surface area contributed by atoms with Crippen molar-refractivity contribution in [2.75, 3.05) is 13.1 Å². The number of nitrogens with zero attached hydrogens (tertiary/aromatic N) is 3. The lowest BCUT2D eigenvalue weighted by molar-refractivity contribution is -0.385. The highest BCUT2D eigenvalue weighted by Gasteiger charge is 2.24. The maximum atomic E-state index is 12.8. The molecule has 0 aliphatic carbocycles. The summed E-state index contributed by atoms with van der Waals surface area (Å²) in [5, 5.41) is 11.0. The number of nitro benzene ring substituents is 1. The van der Waals surface area contributed by atoms with E-state index in [1.165, 1.54) is 24.4 Å². The van der Waals surface area contributed by atoms with Gasteiger partial charge < -0.3 is 0 Å². The van der Waals surface area contributed by atoms with Crippen LogP contribution in [0.15, 0.2) is 58.4 Å². The summed E-state index contributed by atoms with van der Waals surface area (Å²) in [4.78, 5) is 15.1. The van der Waals surface area contributed by atoms with E-state index < -0.39 is 14.9 Å². The van der Waals surface area contributed by atoms with Crippen molar-refractivity contribution in [3.05, 3.63) is 64.2 Å². The Labute approximate surface area is 158 Å². The minimum Gasteiger partial charge on any atom is -0.258 e. The van der Waals surface area contributed by atoms with E-state index >= 15 is 0 Å². The van der Waals surface area contributed by atoms with Crippen molar-refractivity contribution in [3.8, 4) is 0 Å². The van der Waals surface area contributed by atoms with Gasteiger partial charge in [0.15, 0.2) is 0 Å². The van der Waals surface area contributed by atoms with Crippen molar-refractivity contribution in [1.29, 1.82) is 0 Å². The topological polar surface area (TPSA) is 92.9 Å². The van der Waals surface area contributed by atoms with Gasteiger partial charge in [0.05, 0.1) is 21.1 Å². The zero-order chi connectivity index (χ0) is 19.3. The predicted molar refractivity (Wildman–Crippen MR) is 104 cm³/mol. The number of sulfonamides is 1. The molecule has 0 aromatic heterocycles. The highest BCUT2D eigenvalue weighted by molar-refractivity contribution is 7.89. The van der Waals surface area contributed by atoms with Gasteiger partial charge in [-0.25, -0.2) is 8.42 Å². The fourth-order valence-corrected chi connectivity index (χ4v) is 4.56. The van der Waals surface area contributed by atoms with Gasteiger partial charge in [0.1, 0.15) is 0 Å². The van der Waals surface area contributed by atoms with Crippen molar-refractivity contribution in [2.24, 2.45) is 4.99 Å². The predicted octanol–water partition coefficient (Wildman–Crippen LogP) is 3.91. The molecule has 1 aliphatic rings. The molecule has 1 fully saturated rings. The molecule has 142 valence electrons. The molecule has 27 heavy (non-hydrogen) atoms. The Balaban J connectivity index is 1.78. The molecule has 8 heteroatoms. The first kappa shape index (κ1) is 19.2. The Morgan fingerprint density at radius 1 is 0.963 bits per heavy atom. The Kier molecular flexibility index (Phi) is 5.98. The SMILES string of the molecule is O=[N+]([O-])c1ccccc1C=Nc1ccc(S(=O)(=O)N2CCCCCC2)cc1. The summed E-state index contributed by atoms with van der Waals surface area (Å²) in [5.74, 6) is 0. The Morgan fingerprint density at radius 3 is 2.22 bits per heavy atom. The van der Waals surface area contributed by atoms with E-state index in [1.54, 1.807) is 34.6 Å². The highest BCUT2D eigenvalue weighted by atomic mass is 32.2. The molecule has 0 unspecified atom stereocenters. The number of para-hydroxylation sites is 1. The molecule has 0 N–H and O–H groups in total. The third-order valence-electron chi connectivity index (χ3n) is 4.53. The summed E-state index contributed by atoms with van der Waals surface area (Å²) in [6.45, 7) is 1.11. The smallest absolute Gasteiger partial charge is 0.258 e. The van der Waals surface area contributed by atoms with Gasteiger partial charge >= 0.3 is 0 Å². The van der Waals surface area contributed by atoms with Gasteiger partial charge in [-0.15, -0.1) is 0 Å². The van der Waals surface area contributed by atoms with Gasteiger partial charge in [0, 0.05) is 25.4 Å². The minimum absolute atomic E-state index is 0.0263. The Bertz CT molecular complexity index is 932. The van der Waals surface area contributed by atoms with Gasteiger partial charge in [-0.05, 0) is 43.2 Å². The molecule has 1 heterocycles. The van der Waals surface area contributed by atoms with Crippen molar-refractivity contribution in [2.45, 2.75) is 30.6 Å². The van der Waals surface area contributed by atoms with Gasteiger partial charge in [-0.3, -0.25) is 15.1 Å². The number of hydrogen-bond donors (Lipinski definition) is 0. The van der Waals surface area contributed by atoms with Crippen LogP contribution in [0.2, 0.25) is 0 Å². The van der Waals surface area contributed by atoms with Gasteiger partial charge in [-0.2, -0.15) is 4.31 Å². The van der Waals surface area contributed by atoms with Crippen LogP contribution in [-0.4, -0.2) is 37.0 Å².